The lowest BCUT2D eigenvalue weighted by molar-refractivity contribution is 0.102. The van der Waals surface area contributed by atoms with E-state index in [0.717, 1.165) is 11.1 Å². The number of hydrogen-bond acceptors (Lipinski definition) is 5. The molecule has 0 bridgehead atoms. The standard InChI is InChI=1S/C24H26N2O5S/c1-15-10-16(2)12-19(11-15)26-32(28,29)23-13-18(7-6-17(23)3)24(27)25-21-14-20(30-4)8-9-22(21)31-5/h6-14,26H,1-5H3,(H,25,27). The highest BCUT2D eigenvalue weighted by atomic mass is 32.2. The number of benzene rings is 3. The third kappa shape index (κ3) is 5.20. The van der Waals surface area contributed by atoms with Crippen LogP contribution in [0.4, 0.5) is 11.4 Å². The lowest BCUT2D eigenvalue weighted by Crippen LogP contribution is -2.17. The van der Waals surface area contributed by atoms with Gasteiger partial charge in [-0.15, -0.1) is 0 Å². The molecule has 168 valence electrons. The molecule has 0 atom stereocenters. The zero-order chi connectivity index (χ0) is 23.5. The molecule has 3 rings (SSSR count). The Kier molecular flexibility index (Phi) is 6.74. The van der Waals surface area contributed by atoms with Gasteiger partial charge in [0.05, 0.1) is 24.8 Å². The summed E-state index contributed by atoms with van der Waals surface area (Å²) in [4.78, 5) is 12.9. The van der Waals surface area contributed by atoms with Gasteiger partial charge in [0, 0.05) is 17.3 Å². The van der Waals surface area contributed by atoms with E-state index in [1.165, 1.54) is 20.3 Å². The molecule has 0 aromatic heterocycles. The zero-order valence-electron chi connectivity index (χ0n) is 18.6. The third-order valence-electron chi connectivity index (χ3n) is 4.87. The fraction of sp³-hybridized carbons (Fsp3) is 0.208. The van der Waals surface area contributed by atoms with Crippen LogP contribution in [0.3, 0.4) is 0 Å². The molecule has 0 aliphatic rings. The molecule has 8 heteroatoms. The number of amides is 1. The van der Waals surface area contributed by atoms with Gasteiger partial charge in [-0.05, 0) is 73.9 Å². The molecule has 0 aliphatic heterocycles. The monoisotopic (exact) mass is 454 g/mol. The summed E-state index contributed by atoms with van der Waals surface area (Å²) in [5.41, 5.74) is 3.49. The van der Waals surface area contributed by atoms with Gasteiger partial charge in [0.1, 0.15) is 11.5 Å². The quantitative estimate of drug-likeness (QED) is 0.541. The number of sulfonamides is 1. The number of anilines is 2. The van der Waals surface area contributed by atoms with Gasteiger partial charge in [0.15, 0.2) is 0 Å². The second-order valence-corrected chi connectivity index (χ2v) is 9.13. The zero-order valence-corrected chi connectivity index (χ0v) is 19.5. The number of methoxy groups -OCH3 is 2. The average molecular weight is 455 g/mol. The molecule has 0 unspecified atom stereocenters. The van der Waals surface area contributed by atoms with Gasteiger partial charge in [-0.2, -0.15) is 0 Å². The maximum atomic E-state index is 13.1. The van der Waals surface area contributed by atoms with Crippen LogP contribution >= 0.6 is 0 Å². The van der Waals surface area contributed by atoms with E-state index in [4.69, 9.17) is 9.47 Å². The van der Waals surface area contributed by atoms with Crippen LogP contribution in [0.2, 0.25) is 0 Å². The number of rotatable bonds is 7. The first-order chi connectivity index (χ1) is 15.1. The van der Waals surface area contributed by atoms with Gasteiger partial charge in [-0.1, -0.05) is 12.1 Å². The van der Waals surface area contributed by atoms with Crippen LogP contribution in [0.1, 0.15) is 27.0 Å². The van der Waals surface area contributed by atoms with E-state index in [-0.39, 0.29) is 10.5 Å². The Balaban J connectivity index is 1.92. The van der Waals surface area contributed by atoms with Crippen molar-refractivity contribution in [3.8, 4) is 11.5 Å². The van der Waals surface area contributed by atoms with Gasteiger partial charge < -0.3 is 14.8 Å². The number of ether oxygens (including phenoxy) is 2. The van der Waals surface area contributed by atoms with Crippen LogP contribution in [0, 0.1) is 20.8 Å². The lowest BCUT2D eigenvalue weighted by Gasteiger charge is -2.14. The highest BCUT2D eigenvalue weighted by Crippen LogP contribution is 2.30. The minimum atomic E-state index is -3.90. The highest BCUT2D eigenvalue weighted by molar-refractivity contribution is 7.92. The summed E-state index contributed by atoms with van der Waals surface area (Å²) in [5.74, 6) is 0.529. The van der Waals surface area contributed by atoms with Gasteiger partial charge in [-0.3, -0.25) is 9.52 Å². The summed E-state index contributed by atoms with van der Waals surface area (Å²) < 4.78 is 39.3. The molecule has 7 nitrogen and oxygen atoms in total. The van der Waals surface area contributed by atoms with E-state index < -0.39 is 15.9 Å². The van der Waals surface area contributed by atoms with E-state index in [0.29, 0.717) is 28.4 Å². The summed E-state index contributed by atoms with van der Waals surface area (Å²) in [6.07, 6.45) is 0. The van der Waals surface area contributed by atoms with Crippen molar-refractivity contribution >= 4 is 27.3 Å². The predicted octanol–water partition coefficient (Wildman–Crippen LogP) is 4.68. The number of carbonyl (C=O) groups excluding carboxylic acids is 1. The highest BCUT2D eigenvalue weighted by Gasteiger charge is 2.20. The predicted molar refractivity (Wildman–Crippen MR) is 125 cm³/mol. The maximum absolute atomic E-state index is 13.1. The summed E-state index contributed by atoms with van der Waals surface area (Å²) in [7, 11) is -0.891. The van der Waals surface area contributed by atoms with Crippen molar-refractivity contribution in [2.45, 2.75) is 25.7 Å². The summed E-state index contributed by atoms with van der Waals surface area (Å²) in [6.45, 7) is 5.48. The second kappa shape index (κ2) is 9.32. The normalized spacial score (nSPS) is 11.0. The molecule has 0 fully saturated rings. The van der Waals surface area contributed by atoms with Crippen molar-refractivity contribution in [2.24, 2.45) is 0 Å². The van der Waals surface area contributed by atoms with Crippen molar-refractivity contribution in [2.75, 3.05) is 24.3 Å². The largest absolute Gasteiger partial charge is 0.497 e. The van der Waals surface area contributed by atoms with Crippen LogP contribution < -0.4 is 19.5 Å². The van der Waals surface area contributed by atoms with Crippen molar-refractivity contribution < 1.29 is 22.7 Å². The number of hydrogen-bond donors (Lipinski definition) is 2. The third-order valence-corrected chi connectivity index (χ3v) is 6.39. The molecule has 0 aliphatic carbocycles. The number of nitrogens with one attached hydrogen (secondary N) is 2. The van der Waals surface area contributed by atoms with Gasteiger partial charge in [0.2, 0.25) is 0 Å². The first kappa shape index (κ1) is 23.1. The molecule has 0 saturated heterocycles. The van der Waals surface area contributed by atoms with Gasteiger partial charge in [-0.25, -0.2) is 8.42 Å². The molecule has 0 heterocycles. The van der Waals surface area contributed by atoms with E-state index in [1.807, 2.05) is 19.9 Å². The smallest absolute Gasteiger partial charge is 0.262 e. The Morgan fingerprint density at radius 2 is 1.53 bits per heavy atom. The number of aryl methyl sites for hydroxylation is 3. The maximum Gasteiger partial charge on any atom is 0.262 e. The van der Waals surface area contributed by atoms with Crippen LogP contribution in [0.25, 0.3) is 0 Å². The molecular formula is C24H26N2O5S. The van der Waals surface area contributed by atoms with Crippen molar-refractivity contribution in [1.29, 1.82) is 0 Å². The fourth-order valence-electron chi connectivity index (χ4n) is 3.38. The fourth-order valence-corrected chi connectivity index (χ4v) is 4.69. The first-order valence-electron chi connectivity index (χ1n) is 9.88. The van der Waals surface area contributed by atoms with Gasteiger partial charge in [0.25, 0.3) is 15.9 Å². The van der Waals surface area contributed by atoms with Gasteiger partial charge >= 0.3 is 0 Å². The molecule has 0 spiro atoms. The van der Waals surface area contributed by atoms with E-state index >= 15 is 0 Å². The van der Waals surface area contributed by atoms with Crippen LogP contribution in [0.5, 0.6) is 11.5 Å². The average Bonchev–Trinajstić information content (AvgIpc) is 2.72. The topological polar surface area (TPSA) is 93.7 Å². The molecule has 3 aromatic carbocycles. The minimum absolute atomic E-state index is 0.0296. The molecular weight excluding hydrogens is 428 g/mol. The molecule has 3 aromatic rings. The van der Waals surface area contributed by atoms with Crippen LogP contribution in [-0.2, 0) is 10.0 Å². The molecule has 0 saturated carbocycles. The summed E-state index contributed by atoms with van der Waals surface area (Å²) in [6, 6.07) is 15.0. The summed E-state index contributed by atoms with van der Waals surface area (Å²) in [5, 5.41) is 2.76. The van der Waals surface area contributed by atoms with E-state index in [1.54, 1.807) is 49.4 Å². The van der Waals surface area contributed by atoms with Crippen LogP contribution in [-0.4, -0.2) is 28.5 Å². The van der Waals surface area contributed by atoms with E-state index in [2.05, 4.69) is 10.0 Å². The SMILES string of the molecule is COc1ccc(OC)c(NC(=O)c2ccc(C)c(S(=O)(=O)Nc3cc(C)cc(C)c3)c2)c1. The summed E-state index contributed by atoms with van der Waals surface area (Å²) >= 11 is 0. The molecule has 2 N–H and O–H groups in total. The van der Waals surface area contributed by atoms with Crippen molar-refractivity contribution in [3.63, 3.8) is 0 Å². The Morgan fingerprint density at radius 3 is 2.16 bits per heavy atom. The minimum Gasteiger partial charge on any atom is -0.497 e. The Labute approximate surface area is 188 Å². The molecule has 32 heavy (non-hydrogen) atoms. The second-order valence-electron chi connectivity index (χ2n) is 7.48. The number of carbonyl (C=O) groups is 1. The van der Waals surface area contributed by atoms with Crippen molar-refractivity contribution in [1.82, 2.24) is 0 Å². The lowest BCUT2D eigenvalue weighted by atomic mass is 10.1. The molecule has 1 amide bonds. The Hall–Kier alpha value is -3.52. The van der Waals surface area contributed by atoms with E-state index in [9.17, 15) is 13.2 Å². The molecule has 0 radical (unpaired) electrons. The Morgan fingerprint density at radius 1 is 0.844 bits per heavy atom. The van der Waals surface area contributed by atoms with Crippen molar-refractivity contribution in [3.05, 3.63) is 76.9 Å². The first-order valence-corrected chi connectivity index (χ1v) is 11.4. The van der Waals surface area contributed by atoms with Crippen LogP contribution in [0.15, 0.2) is 59.5 Å². The Bertz CT molecular complexity index is 1250.